The minimum Gasteiger partial charge on any atom is -0.394 e. The molecule has 0 aliphatic carbocycles. The third-order valence-corrected chi connectivity index (χ3v) is 3.68. The summed E-state index contributed by atoms with van der Waals surface area (Å²) < 4.78 is 1.06. The number of aryl methyl sites for hydroxylation is 1. The first-order valence-electron chi connectivity index (χ1n) is 6.96. The second-order valence-electron chi connectivity index (χ2n) is 4.99. The van der Waals surface area contributed by atoms with Crippen molar-refractivity contribution in [2.75, 3.05) is 26.7 Å². The predicted octanol–water partition coefficient (Wildman–Crippen LogP) is -2.34. The molecule has 0 bridgehead atoms. The largest absolute Gasteiger partial charge is 0.394 e. The molecule has 2 unspecified atom stereocenters. The maximum absolute atomic E-state index is 12.4. The lowest BCUT2D eigenvalue weighted by Crippen LogP contribution is -2.50. The zero-order valence-corrected chi connectivity index (χ0v) is 14.2. The Bertz CT molecular complexity index is 684. The zero-order chi connectivity index (χ0) is 17.6. The highest BCUT2D eigenvalue weighted by Gasteiger charge is 2.26. The molecule has 0 aliphatic heterocycles. The molecule has 1 rings (SSSR count). The van der Waals surface area contributed by atoms with Gasteiger partial charge in [-0.3, -0.25) is 23.9 Å². The molecule has 0 fully saturated rings. The highest BCUT2D eigenvalue weighted by atomic mass is 31.0. The van der Waals surface area contributed by atoms with E-state index in [-0.39, 0.29) is 13.1 Å². The van der Waals surface area contributed by atoms with E-state index < -0.39 is 35.3 Å². The maximum atomic E-state index is 12.4. The number of hydrogen-bond acceptors (Lipinski definition) is 6. The number of aromatic nitrogens is 2. The average Bonchev–Trinajstić information content (AvgIpc) is 2.48. The number of aromatic amines is 1. The van der Waals surface area contributed by atoms with Crippen LogP contribution >= 0.6 is 9.24 Å². The summed E-state index contributed by atoms with van der Waals surface area (Å²) in [6.45, 7) is 1.27. The fourth-order valence-electron chi connectivity index (χ4n) is 2.00. The fourth-order valence-corrected chi connectivity index (χ4v) is 2.29. The van der Waals surface area contributed by atoms with Gasteiger partial charge in [0.2, 0.25) is 5.91 Å². The van der Waals surface area contributed by atoms with Gasteiger partial charge in [-0.05, 0) is 14.0 Å². The second-order valence-corrected chi connectivity index (χ2v) is 5.56. The maximum Gasteiger partial charge on any atom is 0.328 e. The minimum absolute atomic E-state index is 0.192. The van der Waals surface area contributed by atoms with Crippen LogP contribution in [0.5, 0.6) is 0 Å². The van der Waals surface area contributed by atoms with Gasteiger partial charge in [0, 0.05) is 24.8 Å². The summed E-state index contributed by atoms with van der Waals surface area (Å²) in [6, 6.07) is -1.000. The smallest absolute Gasteiger partial charge is 0.328 e. The summed E-state index contributed by atoms with van der Waals surface area (Å²) >= 11 is 0. The van der Waals surface area contributed by atoms with E-state index in [2.05, 4.69) is 10.3 Å². The molecule has 0 saturated heterocycles. The van der Waals surface area contributed by atoms with Crippen LogP contribution in [-0.2, 0) is 16.1 Å². The molecule has 1 aromatic heterocycles. The normalized spacial score (nSPS) is 12.0. The minimum atomic E-state index is -1.000. The molecule has 0 aliphatic rings. The molecule has 23 heavy (non-hydrogen) atoms. The Labute approximate surface area is 134 Å². The number of carbonyl (C=O) groups excluding carboxylic acids is 2. The number of hydrogen-bond donors (Lipinski definition) is 3. The number of likely N-dealkylation sites (N-methyl/N-ethyl adjacent to an activating group) is 1. The van der Waals surface area contributed by atoms with Crippen LogP contribution in [0.15, 0.2) is 15.8 Å². The Morgan fingerprint density at radius 2 is 2.13 bits per heavy atom. The van der Waals surface area contributed by atoms with Gasteiger partial charge in [-0.15, -0.1) is 0 Å². The van der Waals surface area contributed by atoms with Crippen LogP contribution < -0.4 is 16.6 Å². The fraction of sp³-hybridized carbons (Fsp3) is 0.538. The van der Waals surface area contributed by atoms with Crippen LogP contribution in [-0.4, -0.2) is 63.8 Å². The van der Waals surface area contributed by atoms with Gasteiger partial charge >= 0.3 is 5.69 Å². The summed E-state index contributed by atoms with van der Waals surface area (Å²) in [5.74, 6) is -0.511. The van der Waals surface area contributed by atoms with E-state index in [9.17, 15) is 24.3 Å². The summed E-state index contributed by atoms with van der Waals surface area (Å²) in [5, 5.41) is 12.2. The molecule has 0 saturated carbocycles. The SMILES string of the molecule is CNCCN(C(=O)Cn1cc(C)c(=O)[nH]c1=O)C(CO)C(=O)P. The summed E-state index contributed by atoms with van der Waals surface area (Å²) in [7, 11) is 3.63. The lowest BCUT2D eigenvalue weighted by atomic mass is 10.2. The molecular weight excluding hydrogens is 323 g/mol. The van der Waals surface area contributed by atoms with E-state index in [1.165, 1.54) is 18.0 Å². The van der Waals surface area contributed by atoms with Gasteiger partial charge in [-0.25, -0.2) is 4.79 Å². The third kappa shape index (κ3) is 5.09. The van der Waals surface area contributed by atoms with Crippen molar-refractivity contribution >= 4 is 20.7 Å². The number of amides is 1. The van der Waals surface area contributed by atoms with Gasteiger partial charge in [0.05, 0.1) is 6.61 Å². The molecule has 3 N–H and O–H groups in total. The van der Waals surface area contributed by atoms with E-state index >= 15 is 0 Å². The van der Waals surface area contributed by atoms with Crippen LogP contribution in [0.2, 0.25) is 0 Å². The Hall–Kier alpha value is -1.83. The van der Waals surface area contributed by atoms with Gasteiger partial charge in [0.1, 0.15) is 12.6 Å². The predicted molar refractivity (Wildman–Crippen MR) is 87.3 cm³/mol. The Balaban J connectivity index is 3.06. The third-order valence-electron chi connectivity index (χ3n) is 3.30. The van der Waals surface area contributed by atoms with Crippen molar-refractivity contribution in [1.82, 2.24) is 19.8 Å². The molecule has 1 amide bonds. The Kier molecular flexibility index (Phi) is 7.28. The number of H-pyrrole nitrogens is 1. The van der Waals surface area contributed by atoms with Gasteiger partial charge < -0.3 is 15.3 Å². The lowest BCUT2D eigenvalue weighted by Gasteiger charge is -2.29. The first kappa shape index (κ1) is 19.2. The van der Waals surface area contributed by atoms with Crippen LogP contribution in [0.4, 0.5) is 0 Å². The van der Waals surface area contributed by atoms with Crippen LogP contribution in [0.1, 0.15) is 5.56 Å². The van der Waals surface area contributed by atoms with Gasteiger partial charge in [0.15, 0.2) is 5.52 Å². The van der Waals surface area contributed by atoms with Crippen molar-refractivity contribution in [3.05, 3.63) is 32.6 Å². The van der Waals surface area contributed by atoms with Crippen molar-refractivity contribution < 1.29 is 14.7 Å². The summed E-state index contributed by atoms with van der Waals surface area (Å²) in [6.07, 6.45) is 1.28. The van der Waals surface area contributed by atoms with Crippen LogP contribution in [0.3, 0.4) is 0 Å². The quantitative estimate of drug-likeness (QED) is 0.454. The van der Waals surface area contributed by atoms with Crippen molar-refractivity contribution in [2.24, 2.45) is 0 Å². The number of rotatable bonds is 8. The molecule has 0 radical (unpaired) electrons. The van der Waals surface area contributed by atoms with Crippen molar-refractivity contribution in [3.63, 3.8) is 0 Å². The van der Waals surface area contributed by atoms with E-state index in [1.807, 2.05) is 9.24 Å². The van der Waals surface area contributed by atoms with Crippen molar-refractivity contribution in [2.45, 2.75) is 19.5 Å². The van der Waals surface area contributed by atoms with Gasteiger partial charge in [-0.1, -0.05) is 9.24 Å². The van der Waals surface area contributed by atoms with E-state index in [0.29, 0.717) is 12.1 Å². The van der Waals surface area contributed by atoms with E-state index in [4.69, 9.17) is 0 Å². The molecule has 0 spiro atoms. The number of aliphatic hydroxyl groups is 1. The number of carbonyl (C=O) groups is 2. The number of nitrogens with zero attached hydrogens (tertiary/aromatic N) is 2. The average molecular weight is 344 g/mol. The second kappa shape index (κ2) is 8.71. The Morgan fingerprint density at radius 3 is 2.65 bits per heavy atom. The first-order chi connectivity index (χ1) is 10.8. The van der Waals surface area contributed by atoms with Gasteiger partial charge in [0.25, 0.3) is 5.56 Å². The molecule has 2 atom stereocenters. The number of aliphatic hydroxyl groups excluding tert-OH is 1. The first-order valence-corrected chi connectivity index (χ1v) is 7.54. The lowest BCUT2D eigenvalue weighted by molar-refractivity contribution is -0.139. The molecule has 1 heterocycles. The molecule has 10 heteroatoms. The highest BCUT2D eigenvalue weighted by molar-refractivity contribution is 7.40. The monoisotopic (exact) mass is 344 g/mol. The van der Waals surface area contributed by atoms with Crippen molar-refractivity contribution in [1.29, 1.82) is 0 Å². The topological polar surface area (TPSA) is 124 Å². The highest BCUT2D eigenvalue weighted by Crippen LogP contribution is 2.06. The zero-order valence-electron chi connectivity index (χ0n) is 13.0. The Morgan fingerprint density at radius 1 is 1.48 bits per heavy atom. The molecule has 9 nitrogen and oxygen atoms in total. The molecule has 0 aromatic carbocycles. The van der Waals surface area contributed by atoms with Crippen LogP contribution in [0, 0.1) is 6.92 Å². The standard InChI is InChI=1S/C13H21N4O5P/c1-8-5-16(13(22)15-11(8)20)6-10(19)17(4-3-14-2)9(7-18)12(21)23/h5,9,14,18H,3-4,6-7,23H2,1-2H3,(H,15,20,22). The summed E-state index contributed by atoms with van der Waals surface area (Å²) in [4.78, 5) is 50.4. The molecule has 1 aromatic rings. The van der Waals surface area contributed by atoms with E-state index in [0.717, 1.165) is 4.57 Å². The van der Waals surface area contributed by atoms with E-state index in [1.54, 1.807) is 7.05 Å². The summed E-state index contributed by atoms with van der Waals surface area (Å²) in [5.41, 5.74) is -1.36. The number of nitrogens with one attached hydrogen (secondary N) is 2. The van der Waals surface area contributed by atoms with Crippen LogP contribution in [0.25, 0.3) is 0 Å². The van der Waals surface area contributed by atoms with Gasteiger partial charge in [-0.2, -0.15) is 0 Å². The van der Waals surface area contributed by atoms with Crippen molar-refractivity contribution in [3.8, 4) is 0 Å². The molecular formula is C13H21N4O5P. The molecule has 128 valence electrons.